The van der Waals surface area contributed by atoms with Crippen LogP contribution in [-0.4, -0.2) is 55.2 Å². The highest BCUT2D eigenvalue weighted by Gasteiger charge is 2.35. The van der Waals surface area contributed by atoms with Crippen molar-refractivity contribution < 1.29 is 5.11 Å². The second kappa shape index (κ2) is 6.87. The van der Waals surface area contributed by atoms with Crippen LogP contribution >= 0.6 is 0 Å². The van der Waals surface area contributed by atoms with E-state index >= 15 is 0 Å². The first-order valence-corrected chi connectivity index (χ1v) is 9.68. The molecule has 2 aromatic heterocycles. The molecule has 1 aromatic carbocycles. The number of phenolic OH excluding ortho intramolecular Hbond substituents is 1. The molecule has 2 bridgehead atoms. The third kappa shape index (κ3) is 3.09. The Labute approximate surface area is 163 Å². The highest BCUT2D eigenvalue weighted by molar-refractivity contribution is 5.69. The highest BCUT2D eigenvalue weighted by atomic mass is 16.3. The number of rotatable bonds is 4. The number of aromatic nitrogens is 5. The zero-order valence-corrected chi connectivity index (χ0v) is 15.7. The lowest BCUT2D eigenvalue weighted by atomic mass is 9.98. The van der Waals surface area contributed by atoms with Gasteiger partial charge >= 0.3 is 0 Å². The van der Waals surface area contributed by atoms with Gasteiger partial charge in [0.15, 0.2) is 5.82 Å². The molecule has 0 aliphatic carbocycles. The summed E-state index contributed by atoms with van der Waals surface area (Å²) in [6, 6.07) is 11.1. The summed E-state index contributed by atoms with van der Waals surface area (Å²) in [5.74, 6) is 1.02. The van der Waals surface area contributed by atoms with Crippen molar-refractivity contribution in [2.24, 2.45) is 0 Å². The quantitative estimate of drug-likeness (QED) is 0.720. The molecule has 28 heavy (non-hydrogen) atoms. The number of anilines is 1. The molecule has 0 radical (unpaired) electrons. The first-order valence-electron chi connectivity index (χ1n) is 9.68. The molecule has 0 amide bonds. The summed E-state index contributed by atoms with van der Waals surface area (Å²) in [5.41, 5.74) is 2.09. The minimum atomic E-state index is 0.150. The standard InChI is InChI=1S/C20H23N7O/c1-26(16-8-13-2-3-14(9-16)23-13)20-7-6-18(24-25-20)17-5-4-15(10-19(17)28)27-11-21-22-12-27/h4-7,10-14,16,23,28H,2-3,8-9H2,1H3. The van der Waals surface area contributed by atoms with E-state index in [4.69, 9.17) is 0 Å². The van der Waals surface area contributed by atoms with E-state index in [0.29, 0.717) is 29.4 Å². The summed E-state index contributed by atoms with van der Waals surface area (Å²) in [6.45, 7) is 0. The number of phenols is 1. The lowest BCUT2D eigenvalue weighted by Gasteiger charge is -2.36. The predicted molar refractivity (Wildman–Crippen MR) is 105 cm³/mol. The average Bonchev–Trinajstić information content (AvgIpc) is 3.37. The first kappa shape index (κ1) is 17.1. The van der Waals surface area contributed by atoms with Crippen LogP contribution in [0.4, 0.5) is 5.82 Å². The van der Waals surface area contributed by atoms with Crippen molar-refractivity contribution in [3.8, 4) is 22.7 Å². The minimum Gasteiger partial charge on any atom is -0.507 e. The number of fused-ring (bicyclic) bond motifs is 2. The summed E-state index contributed by atoms with van der Waals surface area (Å²) in [5, 5.41) is 30.5. The number of hydrogen-bond donors (Lipinski definition) is 2. The zero-order chi connectivity index (χ0) is 19.1. The molecule has 2 aliphatic heterocycles. The van der Waals surface area contributed by atoms with Gasteiger partial charge in [-0.05, 0) is 49.9 Å². The Morgan fingerprint density at radius 3 is 2.43 bits per heavy atom. The summed E-state index contributed by atoms with van der Waals surface area (Å²) in [4.78, 5) is 2.25. The van der Waals surface area contributed by atoms with Gasteiger partial charge in [0, 0.05) is 36.8 Å². The van der Waals surface area contributed by atoms with E-state index < -0.39 is 0 Å². The van der Waals surface area contributed by atoms with Crippen LogP contribution in [0.2, 0.25) is 0 Å². The topological polar surface area (TPSA) is 92.0 Å². The first-order chi connectivity index (χ1) is 13.7. The van der Waals surface area contributed by atoms with Crippen LogP contribution < -0.4 is 10.2 Å². The van der Waals surface area contributed by atoms with Gasteiger partial charge in [-0.1, -0.05) is 0 Å². The van der Waals surface area contributed by atoms with Crippen LogP contribution in [0.3, 0.4) is 0 Å². The van der Waals surface area contributed by atoms with Crippen molar-refractivity contribution >= 4 is 5.82 Å². The Morgan fingerprint density at radius 2 is 1.79 bits per heavy atom. The molecule has 2 saturated heterocycles. The van der Waals surface area contributed by atoms with E-state index in [2.05, 4.69) is 37.7 Å². The molecule has 2 fully saturated rings. The molecule has 144 valence electrons. The second-order valence-electron chi connectivity index (χ2n) is 7.72. The maximum absolute atomic E-state index is 10.5. The fraction of sp³-hybridized carbons (Fsp3) is 0.400. The molecule has 2 atom stereocenters. The van der Waals surface area contributed by atoms with Crippen molar-refractivity contribution in [2.45, 2.75) is 43.8 Å². The minimum absolute atomic E-state index is 0.150. The van der Waals surface area contributed by atoms with Crippen molar-refractivity contribution in [3.63, 3.8) is 0 Å². The number of hydrogen-bond acceptors (Lipinski definition) is 7. The molecule has 2 aliphatic rings. The largest absolute Gasteiger partial charge is 0.507 e. The number of nitrogens with one attached hydrogen (secondary N) is 1. The van der Waals surface area contributed by atoms with Gasteiger partial charge in [-0.25, -0.2) is 0 Å². The lowest BCUT2D eigenvalue weighted by molar-refractivity contribution is 0.353. The molecule has 3 aromatic rings. The van der Waals surface area contributed by atoms with E-state index in [1.165, 1.54) is 12.8 Å². The van der Waals surface area contributed by atoms with Gasteiger partial charge in [-0.15, -0.1) is 20.4 Å². The molecule has 8 heteroatoms. The highest BCUT2D eigenvalue weighted by Crippen LogP contribution is 2.32. The molecule has 4 heterocycles. The molecule has 0 saturated carbocycles. The van der Waals surface area contributed by atoms with Crippen molar-refractivity contribution in [2.75, 3.05) is 11.9 Å². The van der Waals surface area contributed by atoms with Crippen LogP contribution in [0, 0.1) is 0 Å². The van der Waals surface area contributed by atoms with E-state index in [-0.39, 0.29) is 5.75 Å². The summed E-state index contributed by atoms with van der Waals surface area (Å²) in [6.07, 6.45) is 8.05. The summed E-state index contributed by atoms with van der Waals surface area (Å²) < 4.78 is 1.74. The fourth-order valence-corrected chi connectivity index (χ4v) is 4.42. The average molecular weight is 377 g/mol. The van der Waals surface area contributed by atoms with Crippen LogP contribution in [0.5, 0.6) is 5.75 Å². The van der Waals surface area contributed by atoms with Gasteiger partial charge < -0.3 is 15.3 Å². The Kier molecular flexibility index (Phi) is 4.20. The van der Waals surface area contributed by atoms with Crippen LogP contribution in [0.15, 0.2) is 43.0 Å². The summed E-state index contributed by atoms with van der Waals surface area (Å²) in [7, 11) is 2.10. The van der Waals surface area contributed by atoms with Crippen molar-refractivity contribution in [1.29, 1.82) is 0 Å². The predicted octanol–water partition coefficient (Wildman–Crippen LogP) is 2.15. The smallest absolute Gasteiger partial charge is 0.151 e. The molecule has 5 rings (SSSR count). The van der Waals surface area contributed by atoms with E-state index in [1.54, 1.807) is 23.3 Å². The normalized spacial score (nSPS) is 23.7. The maximum atomic E-state index is 10.5. The molecule has 2 unspecified atom stereocenters. The second-order valence-corrected chi connectivity index (χ2v) is 7.72. The Bertz CT molecular complexity index is 945. The molecular weight excluding hydrogens is 354 g/mol. The van der Waals surface area contributed by atoms with Gasteiger partial charge in [0.2, 0.25) is 0 Å². The van der Waals surface area contributed by atoms with Crippen molar-refractivity contribution in [1.82, 2.24) is 30.3 Å². The summed E-state index contributed by atoms with van der Waals surface area (Å²) >= 11 is 0. The maximum Gasteiger partial charge on any atom is 0.151 e. The van der Waals surface area contributed by atoms with Gasteiger partial charge in [-0.2, -0.15) is 0 Å². The van der Waals surface area contributed by atoms with Crippen LogP contribution in [0.25, 0.3) is 16.9 Å². The number of aromatic hydroxyl groups is 1. The molecule has 0 spiro atoms. The number of nitrogens with zero attached hydrogens (tertiary/aromatic N) is 6. The third-order valence-electron chi connectivity index (χ3n) is 5.98. The van der Waals surface area contributed by atoms with Gasteiger partial charge in [0.1, 0.15) is 18.4 Å². The van der Waals surface area contributed by atoms with E-state index in [0.717, 1.165) is 24.3 Å². The Hall–Kier alpha value is -3.00. The number of benzene rings is 1. The van der Waals surface area contributed by atoms with Gasteiger partial charge in [-0.3, -0.25) is 4.57 Å². The Balaban J connectivity index is 1.35. The van der Waals surface area contributed by atoms with E-state index in [9.17, 15) is 5.11 Å². The number of piperidine rings is 1. The third-order valence-corrected chi connectivity index (χ3v) is 5.98. The zero-order valence-electron chi connectivity index (χ0n) is 15.7. The van der Waals surface area contributed by atoms with Gasteiger partial charge in [0.05, 0.1) is 11.4 Å². The van der Waals surface area contributed by atoms with E-state index in [1.807, 2.05) is 24.3 Å². The SMILES string of the molecule is CN(c1ccc(-c2ccc(-n3cnnc3)cc2O)nn1)C1CC2CCC(C1)N2. The molecule has 8 nitrogen and oxygen atoms in total. The van der Waals surface area contributed by atoms with Crippen LogP contribution in [-0.2, 0) is 0 Å². The van der Waals surface area contributed by atoms with Crippen molar-refractivity contribution in [3.05, 3.63) is 43.0 Å². The monoisotopic (exact) mass is 377 g/mol. The molecule has 2 N–H and O–H groups in total. The Morgan fingerprint density at radius 1 is 1.04 bits per heavy atom. The lowest BCUT2D eigenvalue weighted by Crippen LogP contribution is -2.47. The fourth-order valence-electron chi connectivity index (χ4n) is 4.42. The van der Waals surface area contributed by atoms with Crippen LogP contribution in [0.1, 0.15) is 25.7 Å². The van der Waals surface area contributed by atoms with Gasteiger partial charge in [0.25, 0.3) is 0 Å². The molecular formula is C20H23N7O.